The van der Waals surface area contributed by atoms with Gasteiger partial charge in [-0.05, 0) is 31.5 Å². The second-order valence-electron chi connectivity index (χ2n) is 5.25. The number of hydrogen-bond acceptors (Lipinski definition) is 6. The van der Waals surface area contributed by atoms with Crippen LogP contribution in [-0.4, -0.2) is 22.4 Å². The molecule has 2 rings (SSSR count). The molecule has 9 nitrogen and oxygen atoms in total. The second-order valence-corrected chi connectivity index (χ2v) is 5.25. The van der Waals surface area contributed by atoms with Gasteiger partial charge in [-0.1, -0.05) is 6.07 Å². The van der Waals surface area contributed by atoms with Crippen LogP contribution in [0.1, 0.15) is 11.1 Å². The van der Waals surface area contributed by atoms with Crippen molar-refractivity contribution in [2.24, 2.45) is 0 Å². The SMILES string of the molecule is Cc1cc([N+](=O)[O-])ccc1NC(=O)COc1cccc([N+](=O)[O-])c1C. The highest BCUT2D eigenvalue weighted by atomic mass is 16.6. The molecular formula is C16H15N3O6. The predicted molar refractivity (Wildman–Crippen MR) is 89.8 cm³/mol. The average molecular weight is 345 g/mol. The number of ether oxygens (including phenoxy) is 1. The van der Waals surface area contributed by atoms with Gasteiger partial charge in [0.15, 0.2) is 6.61 Å². The van der Waals surface area contributed by atoms with Crippen LogP contribution in [0.2, 0.25) is 0 Å². The topological polar surface area (TPSA) is 125 Å². The third kappa shape index (κ3) is 4.28. The maximum absolute atomic E-state index is 12.0. The molecule has 0 saturated carbocycles. The normalized spacial score (nSPS) is 10.2. The number of nitro groups is 2. The lowest BCUT2D eigenvalue weighted by Crippen LogP contribution is -2.21. The first-order chi connectivity index (χ1) is 11.8. The van der Waals surface area contributed by atoms with E-state index in [-0.39, 0.29) is 23.7 Å². The Kier molecular flexibility index (Phi) is 5.28. The number of carbonyl (C=O) groups excluding carboxylic acids is 1. The molecule has 2 aromatic carbocycles. The fraction of sp³-hybridized carbons (Fsp3) is 0.188. The molecule has 0 bridgehead atoms. The summed E-state index contributed by atoms with van der Waals surface area (Å²) in [6, 6.07) is 8.42. The molecule has 0 aliphatic rings. The molecule has 130 valence electrons. The molecule has 0 unspecified atom stereocenters. The largest absolute Gasteiger partial charge is 0.483 e. The number of carbonyl (C=O) groups is 1. The number of non-ortho nitro benzene ring substituents is 1. The van der Waals surface area contributed by atoms with Crippen LogP contribution in [0, 0.1) is 34.1 Å². The van der Waals surface area contributed by atoms with Crippen molar-refractivity contribution < 1.29 is 19.4 Å². The van der Waals surface area contributed by atoms with Gasteiger partial charge < -0.3 is 10.1 Å². The van der Waals surface area contributed by atoms with E-state index in [1.165, 1.54) is 43.3 Å². The first kappa shape index (κ1) is 17.9. The summed E-state index contributed by atoms with van der Waals surface area (Å²) in [6.45, 7) is 2.82. The summed E-state index contributed by atoms with van der Waals surface area (Å²) in [4.78, 5) is 32.5. The lowest BCUT2D eigenvalue weighted by atomic mass is 10.2. The van der Waals surface area contributed by atoms with Crippen LogP contribution in [-0.2, 0) is 4.79 Å². The zero-order valence-electron chi connectivity index (χ0n) is 13.5. The Morgan fingerprint density at radius 3 is 2.44 bits per heavy atom. The van der Waals surface area contributed by atoms with Gasteiger partial charge in [-0.25, -0.2) is 0 Å². The summed E-state index contributed by atoms with van der Waals surface area (Å²) >= 11 is 0. The van der Waals surface area contributed by atoms with Crippen molar-refractivity contribution in [1.82, 2.24) is 0 Å². The molecular weight excluding hydrogens is 330 g/mol. The van der Waals surface area contributed by atoms with Crippen molar-refractivity contribution in [1.29, 1.82) is 0 Å². The smallest absolute Gasteiger partial charge is 0.276 e. The van der Waals surface area contributed by atoms with Crippen molar-refractivity contribution in [2.45, 2.75) is 13.8 Å². The van der Waals surface area contributed by atoms with Crippen LogP contribution < -0.4 is 10.1 Å². The summed E-state index contributed by atoms with van der Waals surface area (Å²) in [5.74, 6) is -0.243. The number of nitrogens with zero attached hydrogens (tertiary/aromatic N) is 2. The molecule has 2 aromatic rings. The molecule has 0 atom stereocenters. The number of rotatable bonds is 6. The highest BCUT2D eigenvalue weighted by Crippen LogP contribution is 2.27. The Morgan fingerprint density at radius 2 is 1.84 bits per heavy atom. The Hall–Kier alpha value is -3.49. The minimum atomic E-state index is -0.525. The molecule has 1 N–H and O–H groups in total. The molecule has 0 spiro atoms. The van der Waals surface area contributed by atoms with E-state index in [2.05, 4.69) is 5.32 Å². The monoisotopic (exact) mass is 345 g/mol. The zero-order chi connectivity index (χ0) is 18.6. The van der Waals surface area contributed by atoms with E-state index in [0.717, 1.165) is 0 Å². The van der Waals surface area contributed by atoms with Gasteiger partial charge in [0, 0.05) is 23.9 Å². The van der Waals surface area contributed by atoms with Crippen molar-refractivity contribution in [3.05, 3.63) is 67.8 Å². The molecule has 0 saturated heterocycles. The van der Waals surface area contributed by atoms with Gasteiger partial charge in [0.1, 0.15) is 5.75 Å². The minimum absolute atomic E-state index is 0.0704. The van der Waals surface area contributed by atoms with Crippen LogP contribution in [0.25, 0.3) is 0 Å². The number of anilines is 1. The molecule has 9 heteroatoms. The summed E-state index contributed by atoms with van der Waals surface area (Å²) in [5, 5.41) is 24.2. The van der Waals surface area contributed by atoms with Crippen molar-refractivity contribution >= 4 is 23.0 Å². The Morgan fingerprint density at radius 1 is 1.12 bits per heavy atom. The molecule has 0 radical (unpaired) electrons. The van der Waals surface area contributed by atoms with Crippen LogP contribution >= 0.6 is 0 Å². The molecule has 1 amide bonds. The molecule has 0 aromatic heterocycles. The number of nitro benzene ring substituents is 2. The van der Waals surface area contributed by atoms with E-state index in [1.54, 1.807) is 6.92 Å². The number of nitrogens with one attached hydrogen (secondary N) is 1. The highest BCUT2D eigenvalue weighted by Gasteiger charge is 2.15. The van der Waals surface area contributed by atoms with E-state index in [4.69, 9.17) is 4.74 Å². The molecule has 25 heavy (non-hydrogen) atoms. The summed E-state index contributed by atoms with van der Waals surface area (Å²) < 4.78 is 5.34. The number of benzene rings is 2. The standard InChI is InChI=1S/C16H15N3O6/c1-10-8-12(18(21)22)6-7-13(10)17-16(20)9-25-15-5-3-4-14(11(15)2)19(23)24/h3-8H,9H2,1-2H3,(H,17,20). The second kappa shape index (κ2) is 7.39. The molecule has 0 heterocycles. The molecule has 0 aliphatic carbocycles. The van der Waals surface area contributed by atoms with Crippen molar-refractivity contribution in [3.63, 3.8) is 0 Å². The van der Waals surface area contributed by atoms with Gasteiger partial charge in [0.2, 0.25) is 0 Å². The molecule has 0 fully saturated rings. The lowest BCUT2D eigenvalue weighted by Gasteiger charge is -2.11. The van der Waals surface area contributed by atoms with Gasteiger partial charge in [-0.15, -0.1) is 0 Å². The van der Waals surface area contributed by atoms with Gasteiger partial charge in [0.25, 0.3) is 17.3 Å². The van der Waals surface area contributed by atoms with E-state index in [1.807, 2.05) is 0 Å². The average Bonchev–Trinajstić information content (AvgIpc) is 2.55. The number of aryl methyl sites for hydroxylation is 1. The van der Waals surface area contributed by atoms with Gasteiger partial charge in [-0.3, -0.25) is 25.0 Å². The first-order valence-corrected chi connectivity index (χ1v) is 7.21. The third-order valence-corrected chi connectivity index (χ3v) is 3.51. The summed E-state index contributed by atoms with van der Waals surface area (Å²) in [7, 11) is 0. The van der Waals surface area contributed by atoms with E-state index in [0.29, 0.717) is 16.8 Å². The van der Waals surface area contributed by atoms with Gasteiger partial charge >= 0.3 is 0 Å². The summed E-state index contributed by atoms with van der Waals surface area (Å²) in [6.07, 6.45) is 0. The highest BCUT2D eigenvalue weighted by molar-refractivity contribution is 5.92. The van der Waals surface area contributed by atoms with E-state index < -0.39 is 15.8 Å². The Bertz CT molecular complexity index is 850. The lowest BCUT2D eigenvalue weighted by molar-refractivity contribution is -0.385. The maximum atomic E-state index is 12.0. The quantitative estimate of drug-likeness (QED) is 0.633. The van der Waals surface area contributed by atoms with Gasteiger partial charge in [0.05, 0.1) is 15.4 Å². The number of hydrogen-bond donors (Lipinski definition) is 1. The van der Waals surface area contributed by atoms with E-state index >= 15 is 0 Å². The number of amides is 1. The van der Waals surface area contributed by atoms with E-state index in [9.17, 15) is 25.0 Å². The van der Waals surface area contributed by atoms with Crippen LogP contribution in [0.15, 0.2) is 36.4 Å². The maximum Gasteiger partial charge on any atom is 0.276 e. The zero-order valence-corrected chi connectivity index (χ0v) is 13.5. The fourth-order valence-corrected chi connectivity index (χ4v) is 2.19. The van der Waals surface area contributed by atoms with Crippen LogP contribution in [0.5, 0.6) is 5.75 Å². The minimum Gasteiger partial charge on any atom is -0.483 e. The van der Waals surface area contributed by atoms with Crippen LogP contribution in [0.3, 0.4) is 0 Å². The fourth-order valence-electron chi connectivity index (χ4n) is 2.19. The Labute approximate surface area is 142 Å². The Balaban J connectivity index is 2.03. The van der Waals surface area contributed by atoms with Gasteiger partial charge in [-0.2, -0.15) is 0 Å². The van der Waals surface area contributed by atoms with Crippen LogP contribution in [0.4, 0.5) is 17.1 Å². The predicted octanol–water partition coefficient (Wildman–Crippen LogP) is 3.14. The summed E-state index contributed by atoms with van der Waals surface area (Å²) in [5.41, 5.74) is 1.12. The first-order valence-electron chi connectivity index (χ1n) is 7.21. The molecule has 0 aliphatic heterocycles. The van der Waals surface area contributed by atoms with Crippen molar-refractivity contribution in [2.75, 3.05) is 11.9 Å². The van der Waals surface area contributed by atoms with Crippen molar-refractivity contribution in [3.8, 4) is 5.75 Å². The third-order valence-electron chi connectivity index (χ3n) is 3.51.